The zero-order valence-corrected chi connectivity index (χ0v) is 10.4. The van der Waals surface area contributed by atoms with Gasteiger partial charge in [-0.2, -0.15) is 0 Å². The van der Waals surface area contributed by atoms with Crippen molar-refractivity contribution in [3.63, 3.8) is 0 Å². The Kier molecular flexibility index (Phi) is 4.60. The van der Waals surface area contributed by atoms with Crippen molar-refractivity contribution in [2.24, 2.45) is 0 Å². The van der Waals surface area contributed by atoms with Crippen molar-refractivity contribution in [2.45, 2.75) is 0 Å². The van der Waals surface area contributed by atoms with E-state index in [9.17, 15) is 9.59 Å². The Balaban J connectivity index is 2.77. The van der Waals surface area contributed by atoms with E-state index in [4.69, 9.17) is 28.3 Å². The molecule has 1 rings (SSSR count). The molecule has 0 unspecified atom stereocenters. The molecular formula is C10H10Cl2N2O3. The summed E-state index contributed by atoms with van der Waals surface area (Å²) < 4.78 is 0. The molecule has 92 valence electrons. The third kappa shape index (κ3) is 4.13. The molecule has 2 N–H and O–H groups in total. The zero-order valence-electron chi connectivity index (χ0n) is 8.91. The molecule has 0 radical (unpaired) electrons. The topological polar surface area (TPSA) is 69.6 Å². The quantitative estimate of drug-likeness (QED) is 0.890. The van der Waals surface area contributed by atoms with E-state index in [0.717, 1.165) is 0 Å². The number of benzene rings is 1. The van der Waals surface area contributed by atoms with Crippen molar-refractivity contribution in [2.75, 3.05) is 18.5 Å². The minimum absolute atomic E-state index is 0.310. The molecule has 1 aromatic carbocycles. The molecule has 0 saturated heterocycles. The Morgan fingerprint density at radius 2 is 1.82 bits per heavy atom. The molecule has 0 aromatic heterocycles. The highest BCUT2D eigenvalue weighted by atomic mass is 35.5. The number of nitrogens with one attached hydrogen (secondary N) is 1. The summed E-state index contributed by atoms with van der Waals surface area (Å²) in [4.78, 5) is 23.1. The van der Waals surface area contributed by atoms with Crippen LogP contribution in [0.3, 0.4) is 0 Å². The van der Waals surface area contributed by atoms with Gasteiger partial charge >= 0.3 is 6.09 Å². The molecule has 0 spiro atoms. The Hall–Kier alpha value is -1.46. The highest BCUT2D eigenvalue weighted by Crippen LogP contribution is 2.24. The van der Waals surface area contributed by atoms with Gasteiger partial charge in [0.25, 0.3) is 0 Å². The van der Waals surface area contributed by atoms with E-state index in [2.05, 4.69) is 0 Å². The number of anilines is 1. The Morgan fingerprint density at radius 1 is 1.29 bits per heavy atom. The van der Waals surface area contributed by atoms with Gasteiger partial charge in [-0.25, -0.2) is 4.79 Å². The molecule has 0 fully saturated rings. The number of carbonyl (C=O) groups is 2. The summed E-state index contributed by atoms with van der Waals surface area (Å²) in [6.45, 7) is -0.310. The second-order valence-corrected chi connectivity index (χ2v) is 4.11. The lowest BCUT2D eigenvalue weighted by Gasteiger charge is -2.17. The van der Waals surface area contributed by atoms with E-state index in [-0.39, 0.29) is 6.54 Å². The molecule has 7 heteroatoms. The summed E-state index contributed by atoms with van der Waals surface area (Å²) in [5.74, 6) is -0.411. The van der Waals surface area contributed by atoms with Crippen molar-refractivity contribution < 1.29 is 14.7 Å². The molecule has 17 heavy (non-hydrogen) atoms. The summed E-state index contributed by atoms with van der Waals surface area (Å²) in [7, 11) is 1.51. The van der Waals surface area contributed by atoms with Gasteiger partial charge in [0.1, 0.15) is 6.54 Å². The van der Waals surface area contributed by atoms with Gasteiger partial charge in [0.05, 0.1) is 0 Å². The van der Waals surface area contributed by atoms with Crippen LogP contribution in [-0.4, -0.2) is 30.7 Å². The van der Waals surface area contributed by atoms with Crippen molar-refractivity contribution in [1.82, 2.24) is 5.32 Å². The van der Waals surface area contributed by atoms with Gasteiger partial charge in [-0.15, -0.1) is 0 Å². The summed E-state index contributed by atoms with van der Waals surface area (Å²) in [6, 6.07) is 4.67. The van der Waals surface area contributed by atoms with Crippen molar-refractivity contribution >= 4 is 40.9 Å². The minimum Gasteiger partial charge on any atom is -0.465 e. The van der Waals surface area contributed by atoms with E-state index in [0.29, 0.717) is 15.7 Å². The molecule has 0 bridgehead atoms. The van der Waals surface area contributed by atoms with Crippen LogP contribution in [0.15, 0.2) is 18.2 Å². The van der Waals surface area contributed by atoms with Crippen molar-refractivity contribution in [3.05, 3.63) is 28.2 Å². The Morgan fingerprint density at radius 3 is 2.29 bits per heavy atom. The number of hydrogen-bond acceptors (Lipinski definition) is 2. The summed E-state index contributed by atoms with van der Waals surface area (Å²) in [5, 5.41) is 11.2. The van der Waals surface area contributed by atoms with E-state index in [1.807, 2.05) is 5.32 Å². The first-order chi connectivity index (χ1) is 7.90. The van der Waals surface area contributed by atoms with E-state index in [1.165, 1.54) is 11.9 Å². The highest BCUT2D eigenvalue weighted by molar-refractivity contribution is 6.35. The van der Waals surface area contributed by atoms with Gasteiger partial charge < -0.3 is 15.3 Å². The number of amides is 2. The maximum atomic E-state index is 11.6. The lowest BCUT2D eigenvalue weighted by molar-refractivity contribution is -0.117. The predicted molar refractivity (Wildman–Crippen MR) is 65.9 cm³/mol. The molecule has 0 aliphatic rings. The van der Waals surface area contributed by atoms with Gasteiger partial charge in [-0.1, -0.05) is 23.2 Å². The van der Waals surface area contributed by atoms with Gasteiger partial charge in [0, 0.05) is 22.8 Å². The zero-order chi connectivity index (χ0) is 13.0. The fourth-order valence-electron chi connectivity index (χ4n) is 1.15. The minimum atomic E-state index is -1.25. The van der Waals surface area contributed by atoms with Gasteiger partial charge in [-0.3, -0.25) is 4.79 Å². The molecule has 0 aliphatic heterocycles. The van der Waals surface area contributed by atoms with E-state index >= 15 is 0 Å². The van der Waals surface area contributed by atoms with E-state index < -0.39 is 12.0 Å². The molecule has 0 aliphatic carbocycles. The average Bonchev–Trinajstić information content (AvgIpc) is 2.23. The van der Waals surface area contributed by atoms with Crippen molar-refractivity contribution in [1.29, 1.82) is 0 Å². The third-order valence-corrected chi connectivity index (χ3v) is 2.44. The molecule has 2 amide bonds. The lowest BCUT2D eigenvalue weighted by atomic mass is 10.3. The number of likely N-dealkylation sites (N-methyl/N-ethyl adjacent to an activating group) is 1. The van der Waals surface area contributed by atoms with Gasteiger partial charge in [0.2, 0.25) is 5.91 Å². The first kappa shape index (κ1) is 13.6. The monoisotopic (exact) mass is 276 g/mol. The summed E-state index contributed by atoms with van der Waals surface area (Å²) in [5.41, 5.74) is 0.500. The molecule has 1 aromatic rings. The van der Waals surface area contributed by atoms with Crippen LogP contribution in [0.25, 0.3) is 0 Å². The predicted octanol–water partition coefficient (Wildman–Crippen LogP) is 2.22. The van der Waals surface area contributed by atoms with Crippen LogP contribution in [0.1, 0.15) is 0 Å². The number of halogens is 2. The number of carboxylic acid groups (broad SMARTS) is 1. The van der Waals surface area contributed by atoms with Crippen LogP contribution in [0, 0.1) is 0 Å². The van der Waals surface area contributed by atoms with Crippen LogP contribution in [0.5, 0.6) is 0 Å². The largest absolute Gasteiger partial charge is 0.465 e. The molecule has 0 heterocycles. The fraction of sp³-hybridized carbons (Fsp3) is 0.200. The molecular weight excluding hydrogens is 267 g/mol. The molecule has 0 atom stereocenters. The normalized spacial score (nSPS) is 9.82. The SMILES string of the molecule is CN(C(=O)CNC(=O)O)c1cc(Cl)cc(Cl)c1. The Bertz CT molecular complexity index is 431. The average molecular weight is 277 g/mol. The number of hydrogen-bond donors (Lipinski definition) is 2. The second kappa shape index (κ2) is 5.75. The summed E-state index contributed by atoms with van der Waals surface area (Å²) in [6.07, 6.45) is -1.25. The summed E-state index contributed by atoms with van der Waals surface area (Å²) >= 11 is 11.6. The standard InChI is InChI=1S/C10H10Cl2N2O3/c1-14(9(15)5-13-10(16)17)8-3-6(11)2-7(12)4-8/h2-4,13H,5H2,1H3,(H,16,17). The lowest BCUT2D eigenvalue weighted by Crippen LogP contribution is -2.37. The van der Waals surface area contributed by atoms with Crippen LogP contribution in [-0.2, 0) is 4.79 Å². The highest BCUT2D eigenvalue weighted by Gasteiger charge is 2.12. The maximum Gasteiger partial charge on any atom is 0.405 e. The molecule has 5 nitrogen and oxygen atoms in total. The van der Waals surface area contributed by atoms with Crippen LogP contribution in [0.2, 0.25) is 10.0 Å². The second-order valence-electron chi connectivity index (χ2n) is 3.24. The smallest absolute Gasteiger partial charge is 0.405 e. The van der Waals surface area contributed by atoms with Crippen LogP contribution in [0.4, 0.5) is 10.5 Å². The first-order valence-corrected chi connectivity index (χ1v) is 5.35. The number of carbonyl (C=O) groups excluding carboxylic acids is 1. The third-order valence-electron chi connectivity index (χ3n) is 2.00. The Labute approximate surface area is 108 Å². The van der Waals surface area contributed by atoms with Gasteiger partial charge in [-0.05, 0) is 18.2 Å². The number of rotatable bonds is 3. The first-order valence-electron chi connectivity index (χ1n) is 4.59. The van der Waals surface area contributed by atoms with Crippen LogP contribution >= 0.6 is 23.2 Å². The van der Waals surface area contributed by atoms with Gasteiger partial charge in [0.15, 0.2) is 0 Å². The van der Waals surface area contributed by atoms with Crippen LogP contribution < -0.4 is 10.2 Å². The number of nitrogens with zero attached hydrogens (tertiary/aromatic N) is 1. The van der Waals surface area contributed by atoms with E-state index in [1.54, 1.807) is 18.2 Å². The maximum absolute atomic E-state index is 11.6. The molecule has 0 saturated carbocycles. The fourth-order valence-corrected chi connectivity index (χ4v) is 1.66. The van der Waals surface area contributed by atoms with Crippen molar-refractivity contribution in [3.8, 4) is 0 Å².